The van der Waals surface area contributed by atoms with Crippen LogP contribution in [-0.4, -0.2) is 4.98 Å². The van der Waals surface area contributed by atoms with Crippen LogP contribution in [-0.2, 0) is 0 Å². The monoisotopic (exact) mass is 264 g/mol. The first-order chi connectivity index (χ1) is 9.65. The molecule has 0 unspecified atom stereocenters. The topological polar surface area (TPSA) is 48.1 Å². The highest BCUT2D eigenvalue weighted by molar-refractivity contribution is 5.85. The number of ether oxygens (including phenoxy) is 1. The van der Waals surface area contributed by atoms with Gasteiger partial charge in [-0.25, -0.2) is 0 Å². The first-order valence-electron chi connectivity index (χ1n) is 6.54. The Morgan fingerprint density at radius 2 is 1.80 bits per heavy atom. The maximum absolute atomic E-state index is 6.07. The van der Waals surface area contributed by atoms with E-state index in [1.807, 2.05) is 62.4 Å². The number of aryl methyl sites for hydroxylation is 2. The SMILES string of the molecule is Cc1cc(Oc2c(C)cccc2N)c2ccccc2n1. The van der Waals surface area contributed by atoms with E-state index < -0.39 is 0 Å². The Kier molecular flexibility index (Phi) is 3.03. The summed E-state index contributed by atoms with van der Waals surface area (Å²) >= 11 is 0. The Balaban J connectivity index is 2.16. The fourth-order valence-electron chi connectivity index (χ4n) is 2.28. The average Bonchev–Trinajstić information content (AvgIpc) is 2.42. The van der Waals surface area contributed by atoms with Crippen molar-refractivity contribution in [1.29, 1.82) is 0 Å². The number of fused-ring (bicyclic) bond motifs is 1. The minimum Gasteiger partial charge on any atom is -0.454 e. The molecule has 0 spiro atoms. The number of aromatic nitrogens is 1. The van der Waals surface area contributed by atoms with Crippen molar-refractivity contribution < 1.29 is 4.74 Å². The number of nitrogens with zero attached hydrogens (tertiary/aromatic N) is 1. The van der Waals surface area contributed by atoms with Gasteiger partial charge in [-0.1, -0.05) is 24.3 Å². The lowest BCUT2D eigenvalue weighted by molar-refractivity contribution is 0.486. The zero-order valence-corrected chi connectivity index (χ0v) is 11.6. The van der Waals surface area contributed by atoms with Crippen LogP contribution < -0.4 is 10.5 Å². The molecule has 0 fully saturated rings. The second-order valence-electron chi connectivity index (χ2n) is 4.87. The van der Waals surface area contributed by atoms with E-state index in [9.17, 15) is 0 Å². The summed E-state index contributed by atoms with van der Waals surface area (Å²) in [5.74, 6) is 1.50. The molecule has 20 heavy (non-hydrogen) atoms. The number of nitrogens with two attached hydrogens (primary N) is 1. The molecule has 0 saturated heterocycles. The standard InChI is InChI=1S/C17H16N2O/c1-11-6-5-8-14(18)17(11)20-16-10-12(2)19-15-9-4-3-7-13(15)16/h3-10H,18H2,1-2H3. The molecule has 0 aliphatic carbocycles. The van der Waals surface area contributed by atoms with Crippen molar-refractivity contribution in [2.24, 2.45) is 0 Å². The summed E-state index contributed by atoms with van der Waals surface area (Å²) in [6, 6.07) is 15.6. The normalized spacial score (nSPS) is 10.7. The number of pyridine rings is 1. The largest absolute Gasteiger partial charge is 0.454 e. The smallest absolute Gasteiger partial charge is 0.153 e. The molecule has 0 atom stereocenters. The first-order valence-corrected chi connectivity index (χ1v) is 6.54. The third-order valence-electron chi connectivity index (χ3n) is 3.26. The van der Waals surface area contributed by atoms with Gasteiger partial charge in [-0.2, -0.15) is 0 Å². The van der Waals surface area contributed by atoms with E-state index in [0.717, 1.165) is 27.9 Å². The van der Waals surface area contributed by atoms with Crippen LogP contribution >= 0.6 is 0 Å². The summed E-state index contributed by atoms with van der Waals surface area (Å²) in [6.07, 6.45) is 0. The fraction of sp³-hybridized carbons (Fsp3) is 0.118. The van der Waals surface area contributed by atoms with Crippen LogP contribution in [0.1, 0.15) is 11.3 Å². The highest BCUT2D eigenvalue weighted by Crippen LogP contribution is 2.34. The predicted octanol–water partition coefficient (Wildman–Crippen LogP) is 4.23. The Labute approximate surface area is 118 Å². The number of hydrogen-bond donors (Lipinski definition) is 1. The zero-order valence-electron chi connectivity index (χ0n) is 11.6. The van der Waals surface area contributed by atoms with Crippen LogP contribution in [0.4, 0.5) is 5.69 Å². The van der Waals surface area contributed by atoms with E-state index in [0.29, 0.717) is 11.4 Å². The van der Waals surface area contributed by atoms with Crippen LogP contribution in [0.15, 0.2) is 48.5 Å². The molecule has 0 radical (unpaired) electrons. The molecule has 0 saturated carbocycles. The molecule has 3 heteroatoms. The van der Waals surface area contributed by atoms with Gasteiger partial charge in [-0.15, -0.1) is 0 Å². The van der Waals surface area contributed by atoms with Crippen molar-refractivity contribution >= 4 is 16.6 Å². The van der Waals surface area contributed by atoms with Crippen LogP contribution in [0.3, 0.4) is 0 Å². The van der Waals surface area contributed by atoms with E-state index in [1.54, 1.807) is 0 Å². The van der Waals surface area contributed by atoms with E-state index in [1.165, 1.54) is 0 Å². The Morgan fingerprint density at radius 1 is 1.00 bits per heavy atom. The van der Waals surface area contributed by atoms with Gasteiger partial charge in [0.2, 0.25) is 0 Å². The summed E-state index contributed by atoms with van der Waals surface area (Å²) in [4.78, 5) is 4.51. The van der Waals surface area contributed by atoms with E-state index in [-0.39, 0.29) is 0 Å². The molecule has 3 aromatic rings. The quantitative estimate of drug-likeness (QED) is 0.705. The molecule has 3 nitrogen and oxygen atoms in total. The number of benzene rings is 2. The molecule has 2 N–H and O–H groups in total. The van der Waals surface area contributed by atoms with Gasteiger partial charge >= 0.3 is 0 Å². The zero-order chi connectivity index (χ0) is 14.1. The lowest BCUT2D eigenvalue weighted by Crippen LogP contribution is -1.96. The first kappa shape index (κ1) is 12.5. The molecule has 0 bridgehead atoms. The van der Waals surface area contributed by atoms with Crippen molar-refractivity contribution in [1.82, 2.24) is 4.98 Å². The van der Waals surface area contributed by atoms with Crippen LogP contribution in [0.2, 0.25) is 0 Å². The Morgan fingerprint density at radius 3 is 2.60 bits per heavy atom. The molecular weight excluding hydrogens is 248 g/mol. The molecule has 2 aromatic carbocycles. The summed E-state index contributed by atoms with van der Waals surface area (Å²) < 4.78 is 6.07. The number of para-hydroxylation sites is 2. The minimum atomic E-state index is 0.642. The molecule has 3 rings (SSSR count). The van der Waals surface area contributed by atoms with E-state index >= 15 is 0 Å². The fourth-order valence-corrected chi connectivity index (χ4v) is 2.28. The maximum Gasteiger partial charge on any atom is 0.153 e. The number of rotatable bonds is 2. The second kappa shape index (κ2) is 4.85. The number of nitrogen functional groups attached to an aromatic ring is 1. The van der Waals surface area contributed by atoms with Crippen LogP contribution in [0.25, 0.3) is 10.9 Å². The average molecular weight is 264 g/mol. The third-order valence-corrected chi connectivity index (χ3v) is 3.26. The van der Waals surface area contributed by atoms with Crippen molar-refractivity contribution in [3.63, 3.8) is 0 Å². The summed E-state index contributed by atoms with van der Waals surface area (Å²) in [6.45, 7) is 3.95. The molecule has 1 heterocycles. The van der Waals surface area contributed by atoms with Gasteiger partial charge in [0.15, 0.2) is 5.75 Å². The van der Waals surface area contributed by atoms with Gasteiger partial charge < -0.3 is 10.5 Å². The lowest BCUT2D eigenvalue weighted by atomic mass is 10.1. The van der Waals surface area contributed by atoms with Gasteiger partial charge in [0.05, 0.1) is 11.2 Å². The second-order valence-corrected chi connectivity index (χ2v) is 4.87. The summed E-state index contributed by atoms with van der Waals surface area (Å²) in [5.41, 5.74) is 9.52. The van der Waals surface area contributed by atoms with Gasteiger partial charge in [0.25, 0.3) is 0 Å². The molecule has 0 aliphatic rings. The molecule has 1 aromatic heterocycles. The van der Waals surface area contributed by atoms with E-state index in [4.69, 9.17) is 10.5 Å². The highest BCUT2D eigenvalue weighted by atomic mass is 16.5. The Bertz CT molecular complexity index is 761. The number of hydrogen-bond acceptors (Lipinski definition) is 3. The highest BCUT2D eigenvalue weighted by Gasteiger charge is 2.09. The van der Waals surface area contributed by atoms with Gasteiger partial charge in [-0.3, -0.25) is 4.98 Å². The third kappa shape index (κ3) is 2.18. The van der Waals surface area contributed by atoms with Crippen molar-refractivity contribution in [2.45, 2.75) is 13.8 Å². The van der Waals surface area contributed by atoms with E-state index in [2.05, 4.69) is 4.98 Å². The van der Waals surface area contributed by atoms with Crippen molar-refractivity contribution in [3.05, 3.63) is 59.8 Å². The molecule has 100 valence electrons. The van der Waals surface area contributed by atoms with Crippen molar-refractivity contribution in [3.8, 4) is 11.5 Å². The predicted molar refractivity (Wildman–Crippen MR) is 82.1 cm³/mol. The lowest BCUT2D eigenvalue weighted by Gasteiger charge is -2.13. The maximum atomic E-state index is 6.07. The molecule has 0 amide bonds. The Hall–Kier alpha value is -2.55. The van der Waals surface area contributed by atoms with Gasteiger partial charge in [-0.05, 0) is 37.6 Å². The molecule has 0 aliphatic heterocycles. The molecular formula is C17H16N2O. The van der Waals surface area contributed by atoms with Gasteiger partial charge in [0.1, 0.15) is 5.75 Å². The summed E-state index contributed by atoms with van der Waals surface area (Å²) in [7, 11) is 0. The summed E-state index contributed by atoms with van der Waals surface area (Å²) in [5, 5.41) is 0.987. The van der Waals surface area contributed by atoms with Gasteiger partial charge in [0, 0.05) is 17.1 Å². The van der Waals surface area contributed by atoms with Crippen LogP contribution in [0.5, 0.6) is 11.5 Å². The van der Waals surface area contributed by atoms with Crippen LogP contribution in [0, 0.1) is 13.8 Å². The van der Waals surface area contributed by atoms with Crippen molar-refractivity contribution in [2.75, 3.05) is 5.73 Å². The number of anilines is 1. The minimum absolute atomic E-state index is 0.642.